The minimum absolute atomic E-state index is 0.0560. The van der Waals surface area contributed by atoms with Crippen LogP contribution in [0, 0.1) is 5.92 Å². The first-order valence-corrected chi connectivity index (χ1v) is 12.6. The van der Waals surface area contributed by atoms with Crippen molar-refractivity contribution in [1.82, 2.24) is 10.6 Å². The first kappa shape index (κ1) is 28.2. The van der Waals surface area contributed by atoms with Gasteiger partial charge in [0, 0.05) is 6.42 Å². The number of carbonyl (C=O) groups excluding carboxylic acids is 3. The number of nitrogens with one attached hydrogen (secondary N) is 2. The zero-order valence-corrected chi connectivity index (χ0v) is 21.6. The minimum Gasteiger partial charge on any atom is -0.508 e. The van der Waals surface area contributed by atoms with Crippen molar-refractivity contribution in [2.45, 2.75) is 52.0 Å². The number of aromatic hydroxyl groups is 1. The minimum atomic E-state index is -1.01. The van der Waals surface area contributed by atoms with Gasteiger partial charge in [-0.2, -0.15) is 0 Å². The molecular formula is C30H34N2O6. The first-order valence-electron chi connectivity index (χ1n) is 12.6. The fourth-order valence-electron chi connectivity index (χ4n) is 3.75. The molecule has 8 heteroatoms. The normalized spacial score (nSPS) is 13.0. The number of phenolic OH excluding ortho intramolecular Hbond substituents is 1. The van der Waals surface area contributed by atoms with E-state index in [0.29, 0.717) is 6.42 Å². The van der Waals surface area contributed by atoms with Gasteiger partial charge < -0.3 is 25.2 Å². The van der Waals surface area contributed by atoms with Crippen LogP contribution in [0.5, 0.6) is 5.75 Å². The number of hydrogen-bond donors (Lipinski definition) is 3. The Morgan fingerprint density at radius 2 is 1.32 bits per heavy atom. The van der Waals surface area contributed by atoms with Crippen LogP contribution < -0.4 is 10.6 Å². The Labute approximate surface area is 223 Å². The van der Waals surface area contributed by atoms with Crippen LogP contribution in [0.2, 0.25) is 0 Å². The van der Waals surface area contributed by atoms with Gasteiger partial charge in [0.1, 0.15) is 31.0 Å². The molecule has 3 aromatic carbocycles. The highest BCUT2D eigenvalue weighted by Gasteiger charge is 2.31. The predicted octanol–water partition coefficient (Wildman–Crippen LogP) is 4.50. The van der Waals surface area contributed by atoms with Crippen LogP contribution in [-0.4, -0.2) is 35.2 Å². The first-order chi connectivity index (χ1) is 18.4. The van der Waals surface area contributed by atoms with E-state index in [1.807, 2.05) is 74.5 Å². The molecule has 3 atom stereocenters. The van der Waals surface area contributed by atoms with E-state index in [1.54, 1.807) is 12.1 Å². The fraction of sp³-hybridized carbons (Fsp3) is 0.300. The average molecular weight is 519 g/mol. The van der Waals surface area contributed by atoms with Crippen molar-refractivity contribution in [3.63, 3.8) is 0 Å². The zero-order valence-electron chi connectivity index (χ0n) is 21.6. The van der Waals surface area contributed by atoms with Crippen molar-refractivity contribution in [3.05, 3.63) is 102 Å². The Bertz CT molecular complexity index is 1170. The lowest BCUT2D eigenvalue weighted by Crippen LogP contribution is -2.54. The summed E-state index contributed by atoms with van der Waals surface area (Å²) in [5.74, 6) is -1.26. The van der Waals surface area contributed by atoms with Gasteiger partial charge in [0.05, 0.1) is 0 Å². The molecule has 0 aromatic heterocycles. The Balaban J connectivity index is 1.69. The summed E-state index contributed by atoms with van der Waals surface area (Å²) in [6.45, 7) is 3.87. The van der Waals surface area contributed by atoms with E-state index in [0.717, 1.165) is 16.7 Å². The summed E-state index contributed by atoms with van der Waals surface area (Å²) in [6, 6.07) is 22.9. The zero-order chi connectivity index (χ0) is 27.3. The lowest BCUT2D eigenvalue weighted by molar-refractivity contribution is -0.149. The molecule has 0 spiro atoms. The quantitative estimate of drug-likeness (QED) is 0.304. The second-order valence-electron chi connectivity index (χ2n) is 9.09. The van der Waals surface area contributed by atoms with Crippen LogP contribution >= 0.6 is 0 Å². The van der Waals surface area contributed by atoms with Gasteiger partial charge in [-0.25, -0.2) is 9.59 Å². The molecule has 8 nitrogen and oxygen atoms in total. The Kier molecular flexibility index (Phi) is 10.7. The molecule has 0 aliphatic carbocycles. The van der Waals surface area contributed by atoms with E-state index in [2.05, 4.69) is 10.6 Å². The van der Waals surface area contributed by atoms with Crippen LogP contribution in [0.4, 0.5) is 4.79 Å². The summed E-state index contributed by atoms with van der Waals surface area (Å²) in [6.07, 6.45) is 0.0275. The third-order valence-corrected chi connectivity index (χ3v) is 6.18. The molecule has 3 N–H and O–H groups in total. The van der Waals surface area contributed by atoms with Gasteiger partial charge in [0.15, 0.2) is 0 Å². The van der Waals surface area contributed by atoms with E-state index < -0.39 is 30.1 Å². The average Bonchev–Trinajstić information content (AvgIpc) is 2.95. The summed E-state index contributed by atoms with van der Waals surface area (Å²) in [5.41, 5.74) is 2.36. The molecule has 0 heterocycles. The molecule has 0 radical (unpaired) electrons. The van der Waals surface area contributed by atoms with Crippen LogP contribution in [0.3, 0.4) is 0 Å². The summed E-state index contributed by atoms with van der Waals surface area (Å²) in [7, 11) is 0. The Morgan fingerprint density at radius 3 is 1.87 bits per heavy atom. The Hall–Kier alpha value is -4.33. The monoisotopic (exact) mass is 518 g/mol. The lowest BCUT2D eigenvalue weighted by atomic mass is 9.97. The molecule has 0 bridgehead atoms. The van der Waals surface area contributed by atoms with Gasteiger partial charge in [-0.1, -0.05) is 93.1 Å². The lowest BCUT2D eigenvalue weighted by Gasteiger charge is -2.26. The standard InChI is InChI=1S/C30H34N2O6/c1-3-21(2)27(32-30(36)38-20-24-12-8-5-9-13-24)28(34)31-26(18-22-14-16-25(33)17-15-22)29(35)37-19-23-10-6-4-7-11-23/h4-17,21,26-27,33H,3,18-20H2,1-2H3,(H,31,34)(H,32,36)/t21-,26+,27+/m0/s1. The topological polar surface area (TPSA) is 114 Å². The smallest absolute Gasteiger partial charge is 0.408 e. The molecule has 0 saturated heterocycles. The highest BCUT2D eigenvalue weighted by Crippen LogP contribution is 2.14. The molecule has 0 fully saturated rings. The molecule has 0 saturated carbocycles. The highest BCUT2D eigenvalue weighted by molar-refractivity contribution is 5.90. The summed E-state index contributed by atoms with van der Waals surface area (Å²) in [4.78, 5) is 39.0. The third kappa shape index (κ3) is 8.96. The van der Waals surface area contributed by atoms with E-state index in [-0.39, 0.29) is 31.3 Å². The molecule has 3 aromatic rings. The van der Waals surface area contributed by atoms with E-state index >= 15 is 0 Å². The molecule has 200 valence electrons. The van der Waals surface area contributed by atoms with Gasteiger partial charge in [-0.3, -0.25) is 4.79 Å². The Morgan fingerprint density at radius 1 is 0.763 bits per heavy atom. The number of esters is 1. The summed E-state index contributed by atoms with van der Waals surface area (Å²) in [5, 5.41) is 15.0. The van der Waals surface area contributed by atoms with Crippen LogP contribution in [0.25, 0.3) is 0 Å². The molecule has 2 amide bonds. The van der Waals surface area contributed by atoms with Crippen molar-refractivity contribution < 1.29 is 29.0 Å². The molecular weight excluding hydrogens is 484 g/mol. The number of hydrogen-bond acceptors (Lipinski definition) is 6. The number of amides is 2. The van der Waals surface area contributed by atoms with Gasteiger partial charge >= 0.3 is 12.1 Å². The maximum Gasteiger partial charge on any atom is 0.408 e. The third-order valence-electron chi connectivity index (χ3n) is 6.18. The van der Waals surface area contributed by atoms with Gasteiger partial charge in [0.2, 0.25) is 5.91 Å². The van der Waals surface area contributed by atoms with Gasteiger partial charge in [0.25, 0.3) is 0 Å². The maximum atomic E-state index is 13.4. The number of benzene rings is 3. The van der Waals surface area contributed by atoms with Crippen LogP contribution in [-0.2, 0) is 38.7 Å². The number of carbonyl (C=O) groups is 3. The van der Waals surface area contributed by atoms with Gasteiger partial charge in [-0.05, 0) is 34.7 Å². The molecule has 38 heavy (non-hydrogen) atoms. The SMILES string of the molecule is CC[C@H](C)[C@@H](NC(=O)OCc1ccccc1)C(=O)N[C@H](Cc1ccc(O)cc1)C(=O)OCc1ccccc1. The second kappa shape index (κ2) is 14.4. The number of alkyl carbamates (subject to hydrolysis) is 1. The summed E-state index contributed by atoms with van der Waals surface area (Å²) < 4.78 is 10.8. The van der Waals surface area contributed by atoms with E-state index in [1.165, 1.54) is 12.1 Å². The van der Waals surface area contributed by atoms with Crippen molar-refractivity contribution in [2.75, 3.05) is 0 Å². The highest BCUT2D eigenvalue weighted by atomic mass is 16.5. The number of phenols is 1. The van der Waals surface area contributed by atoms with Gasteiger partial charge in [-0.15, -0.1) is 0 Å². The molecule has 0 unspecified atom stereocenters. The predicted molar refractivity (Wildman–Crippen MR) is 143 cm³/mol. The van der Waals surface area contributed by atoms with Crippen molar-refractivity contribution in [2.24, 2.45) is 5.92 Å². The summed E-state index contributed by atoms with van der Waals surface area (Å²) >= 11 is 0. The number of rotatable bonds is 12. The molecule has 3 rings (SSSR count). The van der Waals surface area contributed by atoms with E-state index in [4.69, 9.17) is 9.47 Å². The van der Waals surface area contributed by atoms with E-state index in [9.17, 15) is 19.5 Å². The second-order valence-corrected chi connectivity index (χ2v) is 9.09. The maximum absolute atomic E-state index is 13.4. The largest absolute Gasteiger partial charge is 0.508 e. The van der Waals surface area contributed by atoms with Crippen LogP contribution in [0.1, 0.15) is 37.0 Å². The molecule has 0 aliphatic rings. The van der Waals surface area contributed by atoms with Crippen molar-refractivity contribution in [3.8, 4) is 5.75 Å². The molecule has 0 aliphatic heterocycles. The van der Waals surface area contributed by atoms with Crippen molar-refractivity contribution >= 4 is 18.0 Å². The number of ether oxygens (including phenoxy) is 2. The fourth-order valence-corrected chi connectivity index (χ4v) is 3.75. The van der Waals surface area contributed by atoms with Crippen molar-refractivity contribution in [1.29, 1.82) is 0 Å². The van der Waals surface area contributed by atoms with Crippen LogP contribution in [0.15, 0.2) is 84.9 Å².